The zero-order chi connectivity index (χ0) is 28.3. The highest BCUT2D eigenvalue weighted by Crippen LogP contribution is 2.49. The minimum absolute atomic E-state index is 1.13. The van der Waals surface area contributed by atoms with E-state index in [9.17, 15) is 0 Å². The van der Waals surface area contributed by atoms with Crippen LogP contribution < -0.4 is 0 Å². The lowest BCUT2D eigenvalue weighted by molar-refractivity contribution is 0.986. The van der Waals surface area contributed by atoms with E-state index in [2.05, 4.69) is 146 Å². The normalized spacial score (nSPS) is 12.8. The van der Waals surface area contributed by atoms with Crippen LogP contribution in [0.2, 0.25) is 0 Å². The molecule has 7 aromatic carbocycles. The van der Waals surface area contributed by atoms with Crippen molar-refractivity contribution in [2.45, 2.75) is 12.8 Å². The average Bonchev–Trinajstić information content (AvgIpc) is 3.47. The van der Waals surface area contributed by atoms with Crippen LogP contribution in [0.25, 0.3) is 81.2 Å². The molecule has 0 saturated heterocycles. The molecule has 1 aliphatic rings. The molecule has 0 nitrogen and oxygen atoms in total. The van der Waals surface area contributed by atoms with E-state index < -0.39 is 0 Å². The highest BCUT2D eigenvalue weighted by atomic mass is 32.1. The number of hydrogen-bond donors (Lipinski definition) is 0. The van der Waals surface area contributed by atoms with Crippen molar-refractivity contribution in [2.75, 3.05) is 0 Å². The van der Waals surface area contributed by atoms with E-state index in [-0.39, 0.29) is 0 Å². The van der Waals surface area contributed by atoms with Crippen molar-refractivity contribution in [3.05, 3.63) is 151 Å². The summed E-state index contributed by atoms with van der Waals surface area (Å²) in [5, 5.41) is 7.85. The summed E-state index contributed by atoms with van der Waals surface area (Å²) in [5.41, 5.74) is 10.6. The summed E-state index contributed by atoms with van der Waals surface area (Å²) in [6, 6.07) is 49.5. The van der Waals surface area contributed by atoms with Crippen LogP contribution in [0.15, 0.2) is 140 Å². The third kappa shape index (κ3) is 3.82. The van der Waals surface area contributed by atoms with E-state index in [0.717, 1.165) is 12.8 Å². The first-order chi connectivity index (χ1) is 21.3. The van der Waals surface area contributed by atoms with Gasteiger partial charge in [0.2, 0.25) is 0 Å². The Morgan fingerprint density at radius 3 is 1.72 bits per heavy atom. The molecule has 1 aliphatic carbocycles. The van der Waals surface area contributed by atoms with Gasteiger partial charge in [0.15, 0.2) is 0 Å². The predicted octanol–water partition coefficient (Wildman–Crippen LogP) is 12.3. The van der Waals surface area contributed by atoms with Gasteiger partial charge in [0, 0.05) is 25.7 Å². The molecule has 1 heteroatoms. The Bertz CT molecular complexity index is 2330. The number of fused-ring (bicyclic) bond motifs is 6. The molecule has 0 N–H and O–H groups in total. The average molecular weight is 565 g/mol. The van der Waals surface area contributed by atoms with Crippen LogP contribution in [-0.2, 0) is 6.42 Å². The highest BCUT2D eigenvalue weighted by Gasteiger charge is 2.20. The molecule has 0 radical (unpaired) electrons. The summed E-state index contributed by atoms with van der Waals surface area (Å²) in [5.74, 6) is 0. The van der Waals surface area contributed by atoms with Crippen LogP contribution in [0, 0.1) is 0 Å². The Labute approximate surface area is 255 Å². The summed E-state index contributed by atoms with van der Waals surface area (Å²) >= 11 is 1.94. The molecule has 0 spiro atoms. The Kier molecular flexibility index (Phi) is 5.61. The zero-order valence-electron chi connectivity index (χ0n) is 23.7. The topological polar surface area (TPSA) is 0 Å². The van der Waals surface area contributed by atoms with Gasteiger partial charge in [0.25, 0.3) is 0 Å². The number of allylic oxidation sites excluding steroid dienone is 1. The Morgan fingerprint density at radius 2 is 1.02 bits per heavy atom. The molecule has 0 amide bonds. The molecule has 0 saturated carbocycles. The van der Waals surface area contributed by atoms with Crippen molar-refractivity contribution in [2.24, 2.45) is 0 Å². The molecule has 0 unspecified atom stereocenters. The zero-order valence-corrected chi connectivity index (χ0v) is 24.5. The fraction of sp³-hybridized carbons (Fsp3) is 0.0476. The lowest BCUT2D eigenvalue weighted by Gasteiger charge is -2.18. The van der Waals surface area contributed by atoms with Gasteiger partial charge in [-0.2, -0.15) is 0 Å². The molecule has 0 bridgehead atoms. The van der Waals surface area contributed by atoms with E-state index in [4.69, 9.17) is 0 Å². The number of aryl methyl sites for hydroxylation is 1. The van der Waals surface area contributed by atoms with Gasteiger partial charge in [0.05, 0.1) is 0 Å². The highest BCUT2D eigenvalue weighted by molar-refractivity contribution is 7.26. The van der Waals surface area contributed by atoms with E-state index in [1.54, 1.807) is 0 Å². The van der Waals surface area contributed by atoms with E-state index in [1.807, 2.05) is 11.3 Å². The Morgan fingerprint density at radius 1 is 0.442 bits per heavy atom. The third-order valence-corrected chi connectivity index (χ3v) is 10.4. The standard InChI is InChI=1S/C42H28S/c1-2-13-28(14-3-1)39-32-16-6-8-18-34(32)40(35-19-9-7-17-33(35)39)38-23-11-22-37-36-21-10-20-31(41(36)43-42(37)38)30-25-24-27-12-4-5-15-29(27)26-30/h1-3,5-11,13-26H,4,12H2. The second-order valence-electron chi connectivity index (χ2n) is 11.5. The molecular formula is C42H28S. The number of benzene rings is 7. The van der Waals surface area contributed by atoms with Crippen molar-refractivity contribution >= 4 is 59.1 Å². The van der Waals surface area contributed by atoms with Crippen molar-refractivity contribution in [1.82, 2.24) is 0 Å². The molecule has 0 aliphatic heterocycles. The van der Waals surface area contributed by atoms with E-state index >= 15 is 0 Å². The third-order valence-electron chi connectivity index (χ3n) is 9.12. The molecule has 202 valence electrons. The summed E-state index contributed by atoms with van der Waals surface area (Å²) in [4.78, 5) is 0. The van der Waals surface area contributed by atoms with E-state index in [1.165, 1.54) is 86.2 Å². The van der Waals surface area contributed by atoms with Crippen molar-refractivity contribution in [3.63, 3.8) is 0 Å². The number of thiophene rings is 1. The maximum atomic E-state index is 2.38. The molecule has 8 aromatic rings. The Balaban J connectivity index is 1.35. The lowest BCUT2D eigenvalue weighted by atomic mass is 9.86. The van der Waals surface area contributed by atoms with Gasteiger partial charge < -0.3 is 0 Å². The maximum absolute atomic E-state index is 2.38. The predicted molar refractivity (Wildman–Crippen MR) is 188 cm³/mol. The summed E-state index contributed by atoms with van der Waals surface area (Å²) in [6.07, 6.45) is 6.86. The Hall–Kier alpha value is -4.98. The van der Waals surface area contributed by atoms with Gasteiger partial charge in [-0.15, -0.1) is 11.3 Å². The number of hydrogen-bond acceptors (Lipinski definition) is 1. The summed E-state index contributed by atoms with van der Waals surface area (Å²) in [7, 11) is 0. The molecule has 9 rings (SSSR count). The van der Waals surface area contributed by atoms with Gasteiger partial charge in [-0.1, -0.05) is 140 Å². The molecule has 43 heavy (non-hydrogen) atoms. The van der Waals surface area contributed by atoms with Gasteiger partial charge in [-0.25, -0.2) is 0 Å². The van der Waals surface area contributed by atoms with Gasteiger partial charge in [-0.05, 0) is 79.4 Å². The smallest absolute Gasteiger partial charge is 0.0434 e. The minimum atomic E-state index is 1.13. The minimum Gasteiger partial charge on any atom is -0.134 e. The van der Waals surface area contributed by atoms with Crippen molar-refractivity contribution in [3.8, 4) is 33.4 Å². The maximum Gasteiger partial charge on any atom is 0.0434 e. The van der Waals surface area contributed by atoms with Gasteiger partial charge >= 0.3 is 0 Å². The molecule has 0 atom stereocenters. The molecule has 1 heterocycles. The van der Waals surface area contributed by atoms with Crippen LogP contribution in [0.3, 0.4) is 0 Å². The molecular weight excluding hydrogens is 537 g/mol. The summed E-state index contributed by atoms with van der Waals surface area (Å²) < 4.78 is 2.71. The first-order valence-corrected chi connectivity index (χ1v) is 15.9. The van der Waals surface area contributed by atoms with Crippen LogP contribution in [0.1, 0.15) is 17.5 Å². The summed E-state index contributed by atoms with van der Waals surface area (Å²) in [6.45, 7) is 0. The fourth-order valence-corrected chi connectivity index (χ4v) is 8.53. The SMILES string of the molecule is C1=Cc2cc(-c3cccc4c3sc3c(-c5c6ccccc6c(-c6ccccc6)c6ccccc56)cccc34)ccc2CC1. The largest absolute Gasteiger partial charge is 0.134 e. The van der Waals surface area contributed by atoms with Crippen molar-refractivity contribution in [1.29, 1.82) is 0 Å². The van der Waals surface area contributed by atoms with Crippen LogP contribution >= 0.6 is 11.3 Å². The second-order valence-corrected chi connectivity index (χ2v) is 12.5. The first-order valence-electron chi connectivity index (χ1n) is 15.1. The van der Waals surface area contributed by atoms with E-state index in [0.29, 0.717) is 0 Å². The van der Waals surface area contributed by atoms with Gasteiger partial charge in [0.1, 0.15) is 0 Å². The van der Waals surface area contributed by atoms with Crippen LogP contribution in [0.5, 0.6) is 0 Å². The quantitative estimate of drug-likeness (QED) is 0.187. The molecule has 1 aromatic heterocycles. The van der Waals surface area contributed by atoms with Crippen molar-refractivity contribution < 1.29 is 0 Å². The monoisotopic (exact) mass is 564 g/mol. The van der Waals surface area contributed by atoms with Gasteiger partial charge in [-0.3, -0.25) is 0 Å². The fourth-order valence-electron chi connectivity index (χ4n) is 7.17. The molecule has 0 fully saturated rings. The number of rotatable bonds is 3. The lowest BCUT2D eigenvalue weighted by Crippen LogP contribution is -1.94. The second kappa shape index (κ2) is 9.80. The van der Waals surface area contributed by atoms with Crippen LogP contribution in [-0.4, -0.2) is 0 Å². The first kappa shape index (κ1) is 24.6. The van der Waals surface area contributed by atoms with Crippen LogP contribution in [0.4, 0.5) is 0 Å².